The van der Waals surface area contributed by atoms with Gasteiger partial charge in [0.25, 0.3) is 0 Å². The first-order valence-corrected chi connectivity index (χ1v) is 7.53. The molecule has 0 spiro atoms. The van der Waals surface area contributed by atoms with Gasteiger partial charge in [-0.15, -0.1) is 0 Å². The number of aryl methyl sites for hydroxylation is 2. The lowest BCUT2D eigenvalue weighted by Gasteiger charge is -2.48. The van der Waals surface area contributed by atoms with Crippen molar-refractivity contribution < 1.29 is 0 Å². The Hall–Kier alpha value is -1.02. The molecule has 106 valence electrons. The van der Waals surface area contributed by atoms with E-state index < -0.39 is 0 Å². The quantitative estimate of drug-likeness (QED) is 0.894. The molecule has 1 atom stereocenters. The maximum absolute atomic E-state index is 3.46. The summed E-state index contributed by atoms with van der Waals surface area (Å²) in [7, 11) is 2.08. The van der Waals surface area contributed by atoms with Gasteiger partial charge in [0.1, 0.15) is 0 Å². The predicted molar refractivity (Wildman–Crippen MR) is 84.1 cm³/mol. The summed E-state index contributed by atoms with van der Waals surface area (Å²) in [6.45, 7) is 10.4. The van der Waals surface area contributed by atoms with Gasteiger partial charge in [-0.2, -0.15) is 0 Å². The fraction of sp³-hybridized carbons (Fsp3) is 0.647. The van der Waals surface area contributed by atoms with Crippen molar-refractivity contribution in [2.75, 3.05) is 18.5 Å². The van der Waals surface area contributed by atoms with Crippen LogP contribution in [0.4, 0.5) is 5.69 Å². The molecule has 1 heterocycles. The van der Waals surface area contributed by atoms with Crippen LogP contribution in [-0.4, -0.2) is 25.2 Å². The summed E-state index contributed by atoms with van der Waals surface area (Å²) in [6, 6.07) is 7.32. The van der Waals surface area contributed by atoms with Gasteiger partial charge in [-0.25, -0.2) is 0 Å². The van der Waals surface area contributed by atoms with E-state index >= 15 is 0 Å². The number of rotatable bonds is 3. The lowest BCUT2D eigenvalue weighted by Crippen LogP contribution is -2.55. The van der Waals surface area contributed by atoms with Gasteiger partial charge in [0.05, 0.1) is 0 Å². The van der Waals surface area contributed by atoms with Crippen molar-refractivity contribution in [1.82, 2.24) is 5.32 Å². The molecule has 0 amide bonds. The Morgan fingerprint density at radius 2 is 2.11 bits per heavy atom. The van der Waals surface area contributed by atoms with Crippen molar-refractivity contribution in [3.05, 3.63) is 29.3 Å². The Kier molecular flexibility index (Phi) is 4.19. The molecule has 0 radical (unpaired) electrons. The summed E-state index contributed by atoms with van der Waals surface area (Å²) in [6.07, 6.45) is 3.62. The molecule has 19 heavy (non-hydrogen) atoms. The minimum atomic E-state index is 0.253. The molecule has 1 fully saturated rings. The molecule has 0 bridgehead atoms. The van der Waals surface area contributed by atoms with Gasteiger partial charge in [0, 0.05) is 23.8 Å². The van der Waals surface area contributed by atoms with E-state index in [-0.39, 0.29) is 5.54 Å². The molecule has 1 N–H and O–H groups in total. The van der Waals surface area contributed by atoms with Crippen LogP contribution in [-0.2, 0) is 6.42 Å². The fourth-order valence-electron chi connectivity index (χ4n) is 3.24. The van der Waals surface area contributed by atoms with Gasteiger partial charge in [-0.05, 0) is 58.2 Å². The topological polar surface area (TPSA) is 15.3 Å². The summed E-state index contributed by atoms with van der Waals surface area (Å²) in [5.41, 5.74) is 4.60. The molecule has 1 saturated heterocycles. The van der Waals surface area contributed by atoms with E-state index in [0.717, 1.165) is 13.0 Å². The molecule has 1 unspecified atom stereocenters. The Balaban J connectivity index is 2.42. The van der Waals surface area contributed by atoms with Crippen molar-refractivity contribution >= 4 is 5.69 Å². The van der Waals surface area contributed by atoms with Crippen LogP contribution in [0.1, 0.15) is 44.7 Å². The van der Waals surface area contributed by atoms with Gasteiger partial charge in [-0.1, -0.05) is 25.1 Å². The number of benzene rings is 1. The van der Waals surface area contributed by atoms with E-state index in [1.54, 1.807) is 0 Å². The Bertz CT molecular complexity index is 437. The molecule has 1 aromatic rings. The first-order valence-electron chi connectivity index (χ1n) is 7.53. The van der Waals surface area contributed by atoms with Gasteiger partial charge >= 0.3 is 0 Å². The van der Waals surface area contributed by atoms with Crippen LogP contribution in [0.15, 0.2) is 18.2 Å². The third-order valence-electron chi connectivity index (χ3n) is 4.62. The van der Waals surface area contributed by atoms with Crippen molar-refractivity contribution in [1.29, 1.82) is 0 Å². The lowest BCUT2D eigenvalue weighted by molar-refractivity contribution is 0.312. The second-order valence-corrected chi connectivity index (χ2v) is 6.38. The number of anilines is 1. The zero-order valence-corrected chi connectivity index (χ0v) is 13.1. The average Bonchev–Trinajstić information content (AvgIpc) is 2.39. The van der Waals surface area contributed by atoms with Crippen LogP contribution in [0, 0.1) is 6.92 Å². The largest absolute Gasteiger partial charge is 0.364 e. The van der Waals surface area contributed by atoms with E-state index in [4.69, 9.17) is 0 Å². The third-order valence-corrected chi connectivity index (χ3v) is 4.62. The smallest absolute Gasteiger partial charge is 0.0433 e. The highest BCUT2D eigenvalue weighted by molar-refractivity contribution is 5.61. The number of para-hydroxylation sites is 1. The second-order valence-electron chi connectivity index (χ2n) is 6.38. The summed E-state index contributed by atoms with van der Waals surface area (Å²) in [4.78, 5) is 2.63. The van der Waals surface area contributed by atoms with Crippen molar-refractivity contribution in [2.24, 2.45) is 0 Å². The van der Waals surface area contributed by atoms with Crippen molar-refractivity contribution in [3.63, 3.8) is 0 Å². The Labute approximate surface area is 118 Å². The zero-order valence-electron chi connectivity index (χ0n) is 13.1. The molecule has 0 aromatic heterocycles. The molecule has 1 aliphatic rings. The highest BCUT2D eigenvalue weighted by atomic mass is 15.2. The van der Waals surface area contributed by atoms with Crippen LogP contribution >= 0.6 is 0 Å². The van der Waals surface area contributed by atoms with Gasteiger partial charge in [-0.3, -0.25) is 0 Å². The standard InChI is InChI=1S/C17H28N2/c1-6-14-9-7-8-13(2)16(14)19-12-15(18-5)10-11-17(19,3)4/h7-9,15,18H,6,10-12H2,1-5H3. The van der Waals surface area contributed by atoms with Crippen LogP contribution in [0.2, 0.25) is 0 Å². The molecule has 1 aliphatic heterocycles. The number of nitrogens with zero attached hydrogens (tertiary/aromatic N) is 1. The third kappa shape index (κ3) is 2.79. The van der Waals surface area contributed by atoms with Gasteiger partial charge < -0.3 is 10.2 Å². The molecule has 0 aliphatic carbocycles. The molecular weight excluding hydrogens is 232 g/mol. The SMILES string of the molecule is CCc1cccc(C)c1N1CC(NC)CCC1(C)C. The van der Waals surface area contributed by atoms with Crippen LogP contribution in [0.25, 0.3) is 0 Å². The molecule has 2 heteroatoms. The van der Waals surface area contributed by atoms with E-state index in [9.17, 15) is 0 Å². The predicted octanol–water partition coefficient (Wildman–Crippen LogP) is 3.52. The Morgan fingerprint density at radius 3 is 2.74 bits per heavy atom. The van der Waals surface area contributed by atoms with E-state index in [1.165, 1.54) is 29.7 Å². The summed E-state index contributed by atoms with van der Waals surface area (Å²) in [5.74, 6) is 0. The second kappa shape index (κ2) is 5.54. The van der Waals surface area contributed by atoms with Crippen molar-refractivity contribution in [3.8, 4) is 0 Å². The number of nitrogens with one attached hydrogen (secondary N) is 1. The highest BCUT2D eigenvalue weighted by Crippen LogP contribution is 2.36. The average molecular weight is 260 g/mol. The summed E-state index contributed by atoms with van der Waals surface area (Å²) >= 11 is 0. The number of hydrogen-bond donors (Lipinski definition) is 1. The maximum atomic E-state index is 3.46. The monoisotopic (exact) mass is 260 g/mol. The van der Waals surface area contributed by atoms with Crippen molar-refractivity contribution in [2.45, 2.75) is 58.5 Å². The molecule has 0 saturated carbocycles. The summed E-state index contributed by atoms with van der Waals surface area (Å²) < 4.78 is 0. The minimum absolute atomic E-state index is 0.253. The van der Waals surface area contributed by atoms with Crippen LogP contribution in [0.5, 0.6) is 0 Å². The number of piperidine rings is 1. The van der Waals surface area contributed by atoms with E-state index in [2.05, 4.69) is 63.2 Å². The van der Waals surface area contributed by atoms with Crippen LogP contribution < -0.4 is 10.2 Å². The number of hydrogen-bond acceptors (Lipinski definition) is 2. The molecule has 2 nitrogen and oxygen atoms in total. The molecule has 1 aromatic carbocycles. The minimum Gasteiger partial charge on any atom is -0.364 e. The molecular formula is C17H28N2. The normalized spacial score (nSPS) is 22.6. The number of likely N-dealkylation sites (N-methyl/N-ethyl adjacent to an activating group) is 1. The first-order chi connectivity index (χ1) is 8.99. The fourth-order valence-corrected chi connectivity index (χ4v) is 3.24. The van der Waals surface area contributed by atoms with Gasteiger partial charge in [0.2, 0.25) is 0 Å². The van der Waals surface area contributed by atoms with Crippen LogP contribution in [0.3, 0.4) is 0 Å². The lowest BCUT2D eigenvalue weighted by atomic mass is 9.86. The highest BCUT2D eigenvalue weighted by Gasteiger charge is 2.35. The summed E-state index contributed by atoms with van der Waals surface area (Å²) in [5, 5.41) is 3.46. The zero-order chi connectivity index (χ0) is 14.0. The Morgan fingerprint density at radius 1 is 1.37 bits per heavy atom. The van der Waals surface area contributed by atoms with E-state index in [0.29, 0.717) is 6.04 Å². The maximum Gasteiger partial charge on any atom is 0.0433 e. The first kappa shape index (κ1) is 14.4. The van der Waals surface area contributed by atoms with E-state index in [1.807, 2.05) is 0 Å². The molecule has 2 rings (SSSR count). The van der Waals surface area contributed by atoms with Gasteiger partial charge in [0.15, 0.2) is 0 Å².